The van der Waals surface area contributed by atoms with Gasteiger partial charge in [0.05, 0.1) is 0 Å². The molecule has 0 aliphatic heterocycles. The van der Waals surface area contributed by atoms with E-state index in [1.165, 1.54) is 4.68 Å². The van der Waals surface area contributed by atoms with Crippen molar-refractivity contribution in [3.63, 3.8) is 0 Å². The van der Waals surface area contributed by atoms with Gasteiger partial charge in [-0.25, -0.2) is 4.68 Å². The number of nitrogens with zero attached hydrogens (tertiary/aromatic N) is 4. The molecule has 3 rings (SSSR count). The maximum absolute atomic E-state index is 12.1. The predicted molar refractivity (Wildman–Crippen MR) is 75.6 cm³/mol. The van der Waals surface area contributed by atoms with E-state index < -0.39 is 5.91 Å². The lowest BCUT2D eigenvalue weighted by Gasteiger charge is -1.99. The first-order valence-electron chi connectivity index (χ1n) is 6.34. The summed E-state index contributed by atoms with van der Waals surface area (Å²) in [7, 11) is 1.70. The molecule has 2 heterocycles. The molecule has 0 aliphatic carbocycles. The van der Waals surface area contributed by atoms with Crippen LogP contribution >= 0.6 is 0 Å². The van der Waals surface area contributed by atoms with Crippen molar-refractivity contribution in [3.8, 4) is 11.3 Å². The van der Waals surface area contributed by atoms with Crippen molar-refractivity contribution in [2.75, 3.05) is 5.32 Å². The van der Waals surface area contributed by atoms with E-state index >= 15 is 0 Å². The number of hydrogen-bond donors (Lipinski definition) is 1. The zero-order valence-electron chi connectivity index (χ0n) is 11.6. The molecule has 0 atom stereocenters. The molecule has 0 fully saturated rings. The smallest absolute Gasteiger partial charge is 0.296 e. The number of aryl methyl sites for hydroxylation is 2. The lowest BCUT2D eigenvalue weighted by atomic mass is 10.1. The summed E-state index contributed by atoms with van der Waals surface area (Å²) in [5.41, 5.74) is 1.49. The second kappa shape index (κ2) is 5.20. The molecule has 106 valence electrons. The van der Waals surface area contributed by atoms with Gasteiger partial charge in [0.15, 0.2) is 0 Å². The molecule has 7 nitrogen and oxygen atoms in total. The number of nitrogens with one attached hydrogen (secondary N) is 1. The molecule has 2 aromatic heterocycles. The number of carbonyl (C=O) groups excluding carboxylic acids is 1. The van der Waals surface area contributed by atoms with Gasteiger partial charge in [-0.05, 0) is 6.92 Å². The summed E-state index contributed by atoms with van der Waals surface area (Å²) in [4.78, 5) is 16.2. The quantitative estimate of drug-likeness (QED) is 0.794. The van der Waals surface area contributed by atoms with Crippen LogP contribution in [0.25, 0.3) is 11.3 Å². The maximum Gasteiger partial charge on any atom is 0.296 e. The molecule has 0 saturated heterocycles. The number of rotatable bonds is 3. The molecule has 0 spiro atoms. The predicted octanol–water partition coefficient (Wildman–Crippen LogP) is 2.03. The summed E-state index contributed by atoms with van der Waals surface area (Å²) in [6, 6.07) is 11.1. The third-order valence-corrected chi connectivity index (χ3v) is 2.90. The third kappa shape index (κ3) is 2.66. The third-order valence-electron chi connectivity index (χ3n) is 2.90. The van der Waals surface area contributed by atoms with Crippen LogP contribution in [0.3, 0.4) is 0 Å². The number of benzene rings is 1. The number of anilines is 1. The Balaban J connectivity index is 1.80. The minimum atomic E-state index is -0.416. The molecule has 21 heavy (non-hydrogen) atoms. The fraction of sp³-hybridized carbons (Fsp3) is 0.143. The minimum Gasteiger partial charge on any atom is -0.350 e. The molecule has 0 saturated carbocycles. The molecule has 0 bridgehead atoms. The van der Waals surface area contributed by atoms with Gasteiger partial charge in [0.2, 0.25) is 11.7 Å². The van der Waals surface area contributed by atoms with E-state index in [9.17, 15) is 4.79 Å². The summed E-state index contributed by atoms with van der Waals surface area (Å²) in [5, 5.41) is 10.6. The van der Waals surface area contributed by atoms with Crippen molar-refractivity contribution in [2.45, 2.75) is 6.92 Å². The van der Waals surface area contributed by atoms with E-state index in [2.05, 4.69) is 20.6 Å². The summed E-state index contributed by atoms with van der Waals surface area (Å²) in [6.07, 6.45) is 0. The van der Waals surface area contributed by atoms with Crippen molar-refractivity contribution in [2.24, 2.45) is 7.05 Å². The molecule has 0 aliphatic rings. The highest BCUT2D eigenvalue weighted by Gasteiger charge is 2.16. The lowest BCUT2D eigenvalue weighted by molar-refractivity contribution is 0.0986. The Kier molecular flexibility index (Phi) is 3.23. The van der Waals surface area contributed by atoms with Gasteiger partial charge in [-0.2, -0.15) is 10.1 Å². The van der Waals surface area contributed by atoms with Gasteiger partial charge in [-0.1, -0.05) is 35.5 Å². The summed E-state index contributed by atoms with van der Waals surface area (Å²) in [5.74, 6) is 0.639. The maximum atomic E-state index is 12.1. The number of aromatic nitrogens is 4. The summed E-state index contributed by atoms with van der Waals surface area (Å²) < 4.78 is 6.57. The van der Waals surface area contributed by atoms with E-state index in [0.29, 0.717) is 17.5 Å². The molecule has 1 amide bonds. The van der Waals surface area contributed by atoms with E-state index in [1.807, 2.05) is 30.3 Å². The van der Waals surface area contributed by atoms with Gasteiger partial charge >= 0.3 is 0 Å². The monoisotopic (exact) mass is 283 g/mol. The lowest BCUT2D eigenvalue weighted by Crippen LogP contribution is -2.14. The fourth-order valence-electron chi connectivity index (χ4n) is 1.91. The van der Waals surface area contributed by atoms with Crippen LogP contribution in [0, 0.1) is 6.92 Å². The van der Waals surface area contributed by atoms with Gasteiger partial charge < -0.3 is 4.52 Å². The Morgan fingerprint density at radius 1 is 1.29 bits per heavy atom. The first-order valence-corrected chi connectivity index (χ1v) is 6.34. The molecular formula is C14H13N5O2. The Morgan fingerprint density at radius 2 is 2.05 bits per heavy atom. The molecule has 7 heteroatoms. The molecule has 0 unspecified atom stereocenters. The van der Waals surface area contributed by atoms with Crippen molar-refractivity contribution in [3.05, 3.63) is 48.0 Å². The van der Waals surface area contributed by atoms with Gasteiger partial charge in [-0.15, -0.1) is 0 Å². The largest absolute Gasteiger partial charge is 0.350 e. The van der Waals surface area contributed by atoms with Crippen LogP contribution < -0.4 is 5.32 Å². The molecule has 1 N–H and O–H groups in total. The number of carbonyl (C=O) groups is 1. The van der Waals surface area contributed by atoms with Crippen LogP contribution in [0.4, 0.5) is 5.95 Å². The molecule has 3 aromatic rings. The Hall–Kier alpha value is -2.96. The average molecular weight is 283 g/mol. The summed E-state index contributed by atoms with van der Waals surface area (Å²) in [6.45, 7) is 1.75. The normalized spacial score (nSPS) is 10.6. The van der Waals surface area contributed by atoms with Gasteiger partial charge in [0.25, 0.3) is 5.91 Å². The first-order chi connectivity index (χ1) is 10.1. The highest BCUT2D eigenvalue weighted by atomic mass is 16.5. The van der Waals surface area contributed by atoms with Crippen LogP contribution in [-0.4, -0.2) is 25.8 Å². The van der Waals surface area contributed by atoms with Crippen LogP contribution in [0.15, 0.2) is 40.9 Å². The number of amides is 1. The molecular weight excluding hydrogens is 270 g/mol. The van der Waals surface area contributed by atoms with Crippen molar-refractivity contribution >= 4 is 11.9 Å². The Morgan fingerprint density at radius 3 is 2.71 bits per heavy atom. The van der Waals surface area contributed by atoms with Crippen molar-refractivity contribution in [1.82, 2.24) is 19.9 Å². The SMILES string of the molecule is Cc1nc(NC(=O)c2cc(-c3ccccc3)no2)n(C)n1. The first kappa shape index (κ1) is 13.0. The second-order valence-electron chi connectivity index (χ2n) is 4.50. The highest BCUT2D eigenvalue weighted by molar-refractivity contribution is 6.01. The van der Waals surface area contributed by atoms with E-state index in [-0.39, 0.29) is 5.76 Å². The Labute approximate surface area is 120 Å². The topological polar surface area (TPSA) is 85.8 Å². The zero-order valence-corrected chi connectivity index (χ0v) is 11.6. The Bertz CT molecular complexity index is 776. The summed E-state index contributed by atoms with van der Waals surface area (Å²) >= 11 is 0. The van der Waals surface area contributed by atoms with Crippen molar-refractivity contribution in [1.29, 1.82) is 0 Å². The van der Waals surface area contributed by atoms with Crippen LogP contribution in [0.2, 0.25) is 0 Å². The van der Waals surface area contributed by atoms with E-state index in [0.717, 1.165) is 5.56 Å². The van der Waals surface area contributed by atoms with Crippen molar-refractivity contribution < 1.29 is 9.32 Å². The minimum absolute atomic E-state index is 0.120. The van der Waals surface area contributed by atoms with Crippen LogP contribution in [0.5, 0.6) is 0 Å². The van der Waals surface area contributed by atoms with E-state index in [1.54, 1.807) is 20.0 Å². The molecule has 1 aromatic carbocycles. The second-order valence-corrected chi connectivity index (χ2v) is 4.50. The number of hydrogen-bond acceptors (Lipinski definition) is 5. The van der Waals surface area contributed by atoms with Gasteiger partial charge in [0, 0.05) is 18.7 Å². The fourth-order valence-corrected chi connectivity index (χ4v) is 1.91. The standard InChI is InChI=1S/C14H13N5O2/c1-9-15-14(19(2)17-9)16-13(20)12-8-11(18-21-12)10-6-4-3-5-7-10/h3-8H,1-2H3,(H,15,16,17,20). The zero-order chi connectivity index (χ0) is 14.8. The van der Waals surface area contributed by atoms with Crippen LogP contribution in [0.1, 0.15) is 16.4 Å². The highest BCUT2D eigenvalue weighted by Crippen LogP contribution is 2.19. The van der Waals surface area contributed by atoms with E-state index in [4.69, 9.17) is 4.52 Å². The van der Waals surface area contributed by atoms with Gasteiger partial charge in [-0.3, -0.25) is 10.1 Å². The van der Waals surface area contributed by atoms with Gasteiger partial charge in [0.1, 0.15) is 11.5 Å². The van der Waals surface area contributed by atoms with Crippen LogP contribution in [-0.2, 0) is 7.05 Å². The average Bonchev–Trinajstić information content (AvgIpc) is 3.07. The molecule has 0 radical (unpaired) electrons.